The third-order valence-corrected chi connectivity index (χ3v) is 2.37. The summed E-state index contributed by atoms with van der Waals surface area (Å²) in [5.74, 6) is 2.10. The van der Waals surface area contributed by atoms with Crippen LogP contribution in [0.2, 0.25) is 0 Å². The molecule has 1 atom stereocenters. The molecule has 0 fully saturated rings. The van der Waals surface area contributed by atoms with Crippen LogP contribution in [0, 0.1) is 12.8 Å². The van der Waals surface area contributed by atoms with Crippen molar-refractivity contribution < 1.29 is 0 Å². The predicted molar refractivity (Wildman–Crippen MR) is 44.4 cm³/mol. The molecule has 2 heteroatoms. The van der Waals surface area contributed by atoms with Gasteiger partial charge in [0.2, 0.25) is 0 Å². The lowest BCUT2D eigenvalue weighted by Gasteiger charge is -2.18. The Labute approximate surface area is 67.3 Å². The van der Waals surface area contributed by atoms with E-state index in [2.05, 4.69) is 29.6 Å². The van der Waals surface area contributed by atoms with Crippen LogP contribution >= 0.6 is 0 Å². The zero-order valence-electron chi connectivity index (χ0n) is 7.17. The van der Waals surface area contributed by atoms with Gasteiger partial charge in [0.15, 0.2) is 0 Å². The molecule has 1 aliphatic heterocycles. The Balaban J connectivity index is 2.34. The maximum absolute atomic E-state index is 4.46. The zero-order chi connectivity index (χ0) is 7.84. The van der Waals surface area contributed by atoms with Crippen LogP contribution in [0.4, 0.5) is 0 Å². The summed E-state index contributed by atoms with van der Waals surface area (Å²) in [5, 5.41) is 0. The summed E-state index contributed by atoms with van der Waals surface area (Å²) in [6, 6.07) is 0. The van der Waals surface area contributed by atoms with E-state index in [1.54, 1.807) is 0 Å². The summed E-state index contributed by atoms with van der Waals surface area (Å²) >= 11 is 0. The van der Waals surface area contributed by atoms with Crippen molar-refractivity contribution in [2.24, 2.45) is 5.92 Å². The summed E-state index contributed by atoms with van der Waals surface area (Å²) in [6.07, 6.45) is 4.62. The molecule has 2 heterocycles. The molecular formula is C9H14N2. The van der Waals surface area contributed by atoms with E-state index in [1.807, 2.05) is 0 Å². The number of nitrogens with zero attached hydrogens (tertiary/aromatic N) is 2. The number of fused-ring (bicyclic) bond motifs is 1. The second-order valence-electron chi connectivity index (χ2n) is 3.59. The first-order chi connectivity index (χ1) is 5.25. The van der Waals surface area contributed by atoms with E-state index in [4.69, 9.17) is 0 Å². The fourth-order valence-corrected chi connectivity index (χ4v) is 1.73. The average Bonchev–Trinajstić information content (AvgIpc) is 2.27. The lowest BCUT2D eigenvalue weighted by Crippen LogP contribution is -2.16. The highest BCUT2D eigenvalue weighted by atomic mass is 15.1. The van der Waals surface area contributed by atoms with Crippen LogP contribution in [-0.4, -0.2) is 9.55 Å². The number of hydrogen-bond acceptors (Lipinski definition) is 1. The number of aromatic nitrogens is 2. The summed E-state index contributed by atoms with van der Waals surface area (Å²) < 4.78 is 2.29. The van der Waals surface area contributed by atoms with Gasteiger partial charge < -0.3 is 4.57 Å². The fraction of sp³-hybridized carbons (Fsp3) is 0.667. The molecule has 0 aromatic carbocycles. The molecule has 11 heavy (non-hydrogen) atoms. The second-order valence-corrected chi connectivity index (χ2v) is 3.59. The van der Waals surface area contributed by atoms with Gasteiger partial charge in [0.25, 0.3) is 0 Å². The van der Waals surface area contributed by atoms with Crippen LogP contribution in [0.1, 0.15) is 24.9 Å². The summed E-state index contributed by atoms with van der Waals surface area (Å²) in [7, 11) is 0. The minimum absolute atomic E-state index is 0.823. The standard InChI is InChI=1S/C9H14N2/c1-7-3-4-11-6-8(2)10-9(11)5-7/h6-7H,3-5H2,1-2H3. The fourth-order valence-electron chi connectivity index (χ4n) is 1.73. The number of aryl methyl sites for hydroxylation is 2. The van der Waals surface area contributed by atoms with Gasteiger partial charge in [-0.25, -0.2) is 4.98 Å². The molecule has 0 bridgehead atoms. The van der Waals surface area contributed by atoms with Crippen molar-refractivity contribution in [3.63, 3.8) is 0 Å². The SMILES string of the molecule is Cc1cn2c(n1)CC(C)CC2. The van der Waals surface area contributed by atoms with E-state index in [0.29, 0.717) is 0 Å². The Morgan fingerprint density at radius 3 is 3.27 bits per heavy atom. The molecule has 0 saturated carbocycles. The first-order valence-electron chi connectivity index (χ1n) is 4.28. The predicted octanol–water partition coefficient (Wildman–Crippen LogP) is 1.77. The van der Waals surface area contributed by atoms with Gasteiger partial charge in [0.05, 0.1) is 5.69 Å². The van der Waals surface area contributed by atoms with Crippen LogP contribution in [0.25, 0.3) is 0 Å². The topological polar surface area (TPSA) is 17.8 Å². The molecule has 0 saturated heterocycles. The van der Waals surface area contributed by atoms with Crippen LogP contribution in [0.15, 0.2) is 6.20 Å². The van der Waals surface area contributed by atoms with Gasteiger partial charge in [-0.05, 0) is 19.3 Å². The average molecular weight is 150 g/mol. The molecule has 0 amide bonds. The first kappa shape index (κ1) is 6.89. The highest BCUT2D eigenvalue weighted by Gasteiger charge is 2.15. The molecule has 0 aliphatic carbocycles. The molecule has 0 spiro atoms. The van der Waals surface area contributed by atoms with Gasteiger partial charge in [-0.15, -0.1) is 0 Å². The second kappa shape index (κ2) is 2.36. The van der Waals surface area contributed by atoms with Gasteiger partial charge in [0.1, 0.15) is 5.82 Å². The van der Waals surface area contributed by atoms with E-state index in [9.17, 15) is 0 Å². The van der Waals surface area contributed by atoms with Crippen molar-refractivity contribution in [3.05, 3.63) is 17.7 Å². The molecule has 1 aliphatic rings. The van der Waals surface area contributed by atoms with E-state index in [0.717, 1.165) is 24.6 Å². The van der Waals surface area contributed by atoms with Crippen LogP contribution in [0.3, 0.4) is 0 Å². The van der Waals surface area contributed by atoms with Crippen molar-refractivity contribution in [1.29, 1.82) is 0 Å². The van der Waals surface area contributed by atoms with Crippen LogP contribution in [0.5, 0.6) is 0 Å². The normalized spacial score (nSPS) is 23.3. The van der Waals surface area contributed by atoms with Gasteiger partial charge >= 0.3 is 0 Å². The van der Waals surface area contributed by atoms with Crippen molar-refractivity contribution >= 4 is 0 Å². The smallest absolute Gasteiger partial charge is 0.109 e. The van der Waals surface area contributed by atoms with Gasteiger partial charge in [-0.3, -0.25) is 0 Å². The van der Waals surface area contributed by atoms with Crippen molar-refractivity contribution in [1.82, 2.24) is 9.55 Å². The third kappa shape index (κ3) is 1.17. The number of rotatable bonds is 0. The largest absolute Gasteiger partial charge is 0.335 e. The minimum atomic E-state index is 0.823. The molecule has 2 nitrogen and oxygen atoms in total. The Morgan fingerprint density at radius 1 is 1.64 bits per heavy atom. The third-order valence-electron chi connectivity index (χ3n) is 2.37. The highest BCUT2D eigenvalue weighted by molar-refractivity contribution is 5.04. The summed E-state index contributed by atoms with van der Waals surface area (Å²) in [6.45, 7) is 5.53. The Bertz CT molecular complexity index is 263. The van der Waals surface area contributed by atoms with Crippen molar-refractivity contribution in [2.75, 3.05) is 0 Å². The Hall–Kier alpha value is -0.790. The lowest BCUT2D eigenvalue weighted by molar-refractivity contribution is 0.409. The minimum Gasteiger partial charge on any atom is -0.335 e. The molecule has 1 unspecified atom stereocenters. The first-order valence-corrected chi connectivity index (χ1v) is 4.28. The zero-order valence-corrected chi connectivity index (χ0v) is 7.17. The summed E-state index contributed by atoms with van der Waals surface area (Å²) in [4.78, 5) is 4.46. The van der Waals surface area contributed by atoms with E-state index in [-0.39, 0.29) is 0 Å². The maximum atomic E-state index is 4.46. The van der Waals surface area contributed by atoms with Gasteiger partial charge in [-0.1, -0.05) is 6.92 Å². The molecule has 1 aromatic rings. The molecule has 0 N–H and O–H groups in total. The van der Waals surface area contributed by atoms with Crippen LogP contribution < -0.4 is 0 Å². The van der Waals surface area contributed by atoms with E-state index < -0.39 is 0 Å². The summed E-state index contributed by atoms with van der Waals surface area (Å²) in [5.41, 5.74) is 1.16. The van der Waals surface area contributed by atoms with Gasteiger partial charge in [-0.2, -0.15) is 0 Å². The molecule has 60 valence electrons. The van der Waals surface area contributed by atoms with E-state index >= 15 is 0 Å². The Kier molecular flexibility index (Phi) is 1.48. The molecule has 1 aromatic heterocycles. The lowest BCUT2D eigenvalue weighted by atomic mass is 10.0. The maximum Gasteiger partial charge on any atom is 0.109 e. The van der Waals surface area contributed by atoms with E-state index in [1.165, 1.54) is 12.2 Å². The van der Waals surface area contributed by atoms with Crippen molar-refractivity contribution in [2.45, 2.75) is 33.2 Å². The molecule has 2 rings (SSSR count). The van der Waals surface area contributed by atoms with Gasteiger partial charge in [0, 0.05) is 19.2 Å². The van der Waals surface area contributed by atoms with Crippen molar-refractivity contribution in [3.8, 4) is 0 Å². The number of imidazole rings is 1. The monoisotopic (exact) mass is 150 g/mol. The molecular weight excluding hydrogens is 136 g/mol. The Morgan fingerprint density at radius 2 is 2.45 bits per heavy atom. The van der Waals surface area contributed by atoms with Crippen LogP contribution in [-0.2, 0) is 13.0 Å². The molecule has 0 radical (unpaired) electrons. The highest BCUT2D eigenvalue weighted by Crippen LogP contribution is 2.18. The number of hydrogen-bond donors (Lipinski definition) is 0. The quantitative estimate of drug-likeness (QED) is 0.551.